The Morgan fingerprint density at radius 3 is 2.95 bits per heavy atom. The number of nitrogens with zero attached hydrogens (tertiary/aromatic N) is 5. The lowest BCUT2D eigenvalue weighted by atomic mass is 10.0. The van der Waals surface area contributed by atoms with Crippen molar-refractivity contribution in [2.45, 2.75) is 45.7 Å². The highest BCUT2D eigenvalue weighted by molar-refractivity contribution is 7.03. The van der Waals surface area contributed by atoms with Crippen molar-refractivity contribution >= 4 is 17.4 Å². The number of rotatable bonds is 3. The van der Waals surface area contributed by atoms with E-state index >= 15 is 0 Å². The highest BCUT2D eigenvalue weighted by Gasteiger charge is 2.29. The van der Waals surface area contributed by atoms with E-state index in [1.165, 1.54) is 11.5 Å². The number of hydrogen-bond donors (Lipinski definition) is 0. The Labute approximate surface area is 127 Å². The molecular formula is C14H19N5OS. The minimum Gasteiger partial charge on any atom is -0.332 e. The third kappa shape index (κ3) is 2.97. The topological polar surface area (TPSA) is 63.9 Å². The second kappa shape index (κ2) is 5.93. The van der Waals surface area contributed by atoms with Crippen LogP contribution in [0.5, 0.6) is 0 Å². The summed E-state index contributed by atoms with van der Waals surface area (Å²) in [4.78, 5) is 14.5. The van der Waals surface area contributed by atoms with Crippen LogP contribution in [0.15, 0.2) is 11.4 Å². The molecule has 7 heteroatoms. The number of carbonyl (C=O) groups excluding carboxylic acids is 1. The number of aryl methyl sites for hydroxylation is 2. The monoisotopic (exact) mass is 305 g/mol. The van der Waals surface area contributed by atoms with E-state index in [2.05, 4.69) is 27.7 Å². The summed E-state index contributed by atoms with van der Waals surface area (Å²) in [5.74, 6) is -0.00465. The van der Waals surface area contributed by atoms with Crippen LogP contribution in [0.1, 0.15) is 41.1 Å². The van der Waals surface area contributed by atoms with Crippen LogP contribution in [0.4, 0.5) is 0 Å². The summed E-state index contributed by atoms with van der Waals surface area (Å²) in [5, 5.41) is 10.1. The van der Waals surface area contributed by atoms with Crippen molar-refractivity contribution in [3.05, 3.63) is 28.5 Å². The third-order valence-corrected chi connectivity index (χ3v) is 4.46. The maximum absolute atomic E-state index is 12.6. The van der Waals surface area contributed by atoms with Crippen molar-refractivity contribution in [3.63, 3.8) is 0 Å². The SMILES string of the molecule is Cc1cc(C)n(C[C@@H]2CCCCN2C(=O)c2csnn2)n1. The predicted octanol–water partition coefficient (Wildman–Crippen LogP) is 2.05. The van der Waals surface area contributed by atoms with Crippen molar-refractivity contribution in [2.75, 3.05) is 6.54 Å². The van der Waals surface area contributed by atoms with Crippen LogP contribution in [0.3, 0.4) is 0 Å². The van der Waals surface area contributed by atoms with Gasteiger partial charge in [0.25, 0.3) is 5.91 Å². The van der Waals surface area contributed by atoms with Crippen LogP contribution >= 0.6 is 11.5 Å². The Hall–Kier alpha value is -1.76. The number of piperidine rings is 1. The van der Waals surface area contributed by atoms with E-state index in [1.807, 2.05) is 16.5 Å². The van der Waals surface area contributed by atoms with Crippen molar-refractivity contribution in [2.24, 2.45) is 0 Å². The van der Waals surface area contributed by atoms with Gasteiger partial charge in [0.1, 0.15) is 0 Å². The molecule has 0 N–H and O–H groups in total. The van der Waals surface area contributed by atoms with E-state index in [1.54, 1.807) is 5.38 Å². The Bertz CT molecular complexity index is 621. The molecule has 1 fully saturated rings. The predicted molar refractivity (Wildman–Crippen MR) is 80.3 cm³/mol. The van der Waals surface area contributed by atoms with Crippen LogP contribution < -0.4 is 0 Å². The Morgan fingerprint density at radius 1 is 1.43 bits per heavy atom. The van der Waals surface area contributed by atoms with Crippen molar-refractivity contribution in [1.82, 2.24) is 24.3 Å². The summed E-state index contributed by atoms with van der Waals surface area (Å²) in [5.41, 5.74) is 2.62. The zero-order valence-corrected chi connectivity index (χ0v) is 13.1. The molecule has 21 heavy (non-hydrogen) atoms. The highest BCUT2D eigenvalue weighted by Crippen LogP contribution is 2.21. The fourth-order valence-corrected chi connectivity index (χ4v) is 3.35. The smallest absolute Gasteiger partial charge is 0.275 e. The van der Waals surface area contributed by atoms with Crippen molar-refractivity contribution < 1.29 is 4.79 Å². The first-order valence-electron chi connectivity index (χ1n) is 7.24. The summed E-state index contributed by atoms with van der Waals surface area (Å²) in [7, 11) is 0. The Kier molecular flexibility index (Phi) is 4.01. The zero-order chi connectivity index (χ0) is 14.8. The summed E-state index contributed by atoms with van der Waals surface area (Å²) < 4.78 is 5.80. The lowest BCUT2D eigenvalue weighted by Gasteiger charge is -2.35. The van der Waals surface area contributed by atoms with E-state index in [0.717, 1.165) is 43.7 Å². The average molecular weight is 305 g/mol. The molecule has 0 saturated carbocycles. The Balaban J connectivity index is 1.78. The number of hydrogen-bond acceptors (Lipinski definition) is 5. The molecule has 1 amide bonds. The van der Waals surface area contributed by atoms with Gasteiger partial charge in [-0.05, 0) is 50.7 Å². The van der Waals surface area contributed by atoms with Gasteiger partial charge >= 0.3 is 0 Å². The van der Waals surface area contributed by atoms with Crippen LogP contribution in [0.25, 0.3) is 0 Å². The van der Waals surface area contributed by atoms with Gasteiger partial charge in [-0.1, -0.05) is 4.49 Å². The van der Waals surface area contributed by atoms with Gasteiger partial charge in [0.2, 0.25) is 0 Å². The van der Waals surface area contributed by atoms with Gasteiger partial charge in [-0.3, -0.25) is 9.48 Å². The average Bonchev–Trinajstić information content (AvgIpc) is 3.09. The van der Waals surface area contributed by atoms with Crippen LogP contribution in [0.2, 0.25) is 0 Å². The largest absolute Gasteiger partial charge is 0.332 e. The molecule has 2 aromatic rings. The maximum Gasteiger partial charge on any atom is 0.275 e. The second-order valence-corrected chi connectivity index (χ2v) is 6.16. The summed E-state index contributed by atoms with van der Waals surface area (Å²) >= 11 is 1.22. The van der Waals surface area contributed by atoms with E-state index < -0.39 is 0 Å². The van der Waals surface area contributed by atoms with E-state index in [-0.39, 0.29) is 11.9 Å². The van der Waals surface area contributed by atoms with Crippen molar-refractivity contribution in [1.29, 1.82) is 0 Å². The molecule has 6 nitrogen and oxygen atoms in total. The van der Waals surface area contributed by atoms with Crippen molar-refractivity contribution in [3.8, 4) is 0 Å². The van der Waals surface area contributed by atoms with Gasteiger partial charge in [-0.15, -0.1) is 5.10 Å². The first-order chi connectivity index (χ1) is 10.1. The van der Waals surface area contributed by atoms with Gasteiger partial charge in [0.05, 0.1) is 18.3 Å². The molecule has 0 radical (unpaired) electrons. The molecule has 0 aliphatic carbocycles. The first-order valence-corrected chi connectivity index (χ1v) is 8.08. The molecule has 1 aliphatic heterocycles. The van der Waals surface area contributed by atoms with Gasteiger partial charge in [-0.2, -0.15) is 5.10 Å². The number of likely N-dealkylation sites (tertiary alicyclic amines) is 1. The van der Waals surface area contributed by atoms with Gasteiger partial charge < -0.3 is 4.90 Å². The molecule has 0 bridgehead atoms. The van der Waals surface area contributed by atoms with E-state index in [9.17, 15) is 4.79 Å². The molecule has 1 saturated heterocycles. The zero-order valence-electron chi connectivity index (χ0n) is 12.3. The number of amides is 1. The molecule has 3 heterocycles. The number of aromatic nitrogens is 4. The molecular weight excluding hydrogens is 286 g/mol. The molecule has 0 aromatic carbocycles. The summed E-state index contributed by atoms with van der Waals surface area (Å²) in [6, 6.07) is 2.25. The van der Waals surface area contributed by atoms with E-state index in [4.69, 9.17) is 0 Å². The molecule has 1 atom stereocenters. The molecule has 2 aromatic heterocycles. The molecule has 0 spiro atoms. The molecule has 3 rings (SSSR count). The lowest BCUT2D eigenvalue weighted by molar-refractivity contribution is 0.0576. The maximum atomic E-state index is 12.6. The molecule has 112 valence electrons. The minimum absolute atomic E-state index is 0.00465. The molecule has 0 unspecified atom stereocenters. The standard InChI is InChI=1S/C14H19N5OS/c1-10-7-11(2)19(16-10)8-12-5-3-4-6-18(12)14(20)13-9-21-17-15-13/h7,9,12H,3-6,8H2,1-2H3/t12-/m0/s1. The minimum atomic E-state index is -0.00465. The Morgan fingerprint density at radius 2 is 2.29 bits per heavy atom. The van der Waals surface area contributed by atoms with Gasteiger partial charge in [-0.25, -0.2) is 0 Å². The van der Waals surface area contributed by atoms with Gasteiger partial charge in [0.15, 0.2) is 5.69 Å². The van der Waals surface area contributed by atoms with Crippen LogP contribution in [-0.2, 0) is 6.54 Å². The highest BCUT2D eigenvalue weighted by atomic mass is 32.1. The van der Waals surface area contributed by atoms with E-state index in [0.29, 0.717) is 5.69 Å². The van der Waals surface area contributed by atoms with Crippen LogP contribution in [0, 0.1) is 13.8 Å². The van der Waals surface area contributed by atoms with Crippen LogP contribution in [-0.4, -0.2) is 42.8 Å². The summed E-state index contributed by atoms with van der Waals surface area (Å²) in [6.45, 7) is 5.59. The second-order valence-electron chi connectivity index (χ2n) is 5.55. The fourth-order valence-electron chi connectivity index (χ4n) is 2.92. The molecule has 1 aliphatic rings. The van der Waals surface area contributed by atoms with Gasteiger partial charge in [0, 0.05) is 17.6 Å². The first kappa shape index (κ1) is 14.2. The normalized spacial score (nSPS) is 19.0. The lowest BCUT2D eigenvalue weighted by Crippen LogP contribution is -2.46. The summed E-state index contributed by atoms with van der Waals surface area (Å²) in [6.07, 6.45) is 3.22. The third-order valence-electron chi connectivity index (χ3n) is 3.95. The quantitative estimate of drug-likeness (QED) is 0.870. The number of carbonyl (C=O) groups is 1. The fraction of sp³-hybridized carbons (Fsp3) is 0.571.